The van der Waals surface area contributed by atoms with Crippen molar-refractivity contribution in [3.8, 4) is 0 Å². The van der Waals surface area contributed by atoms with Crippen molar-refractivity contribution in [2.24, 2.45) is 23.7 Å². The molecule has 2 aliphatic carbocycles. The molecule has 6 heteroatoms. The Morgan fingerprint density at radius 3 is 2.29 bits per heavy atom. The number of para-hydroxylation sites is 3. The second kappa shape index (κ2) is 6.80. The van der Waals surface area contributed by atoms with Gasteiger partial charge in [-0.15, -0.1) is 0 Å². The van der Waals surface area contributed by atoms with Crippen LogP contribution in [0.2, 0.25) is 0 Å². The third-order valence-corrected chi connectivity index (χ3v) is 7.22. The summed E-state index contributed by atoms with van der Waals surface area (Å²) in [7, 11) is 0. The summed E-state index contributed by atoms with van der Waals surface area (Å²) in [6.07, 6.45) is 5.96. The maximum Gasteiger partial charge on any atom is 0.244 e. The molecule has 2 aromatic carbocycles. The monoisotopic (exact) mass is 413 g/mol. The third-order valence-electron chi connectivity index (χ3n) is 7.22. The van der Waals surface area contributed by atoms with Crippen LogP contribution in [0.4, 0.5) is 17.1 Å². The lowest BCUT2D eigenvalue weighted by Crippen LogP contribution is -2.39. The average molecular weight is 413 g/mol. The molecule has 6 rings (SSSR count). The first kappa shape index (κ1) is 18.4. The minimum absolute atomic E-state index is 0.149. The van der Waals surface area contributed by atoms with Crippen molar-refractivity contribution in [2.75, 3.05) is 23.3 Å². The number of anilines is 3. The van der Waals surface area contributed by atoms with Gasteiger partial charge in [-0.3, -0.25) is 19.3 Å². The number of nitrogens with one attached hydrogen (secondary N) is 1. The van der Waals surface area contributed by atoms with E-state index in [9.17, 15) is 14.4 Å². The fourth-order valence-electron chi connectivity index (χ4n) is 5.86. The molecule has 4 aliphatic rings. The molecule has 2 bridgehead atoms. The van der Waals surface area contributed by atoms with Crippen LogP contribution in [0, 0.1) is 23.7 Å². The van der Waals surface area contributed by atoms with E-state index >= 15 is 0 Å². The zero-order chi connectivity index (χ0) is 21.1. The molecule has 0 spiro atoms. The van der Waals surface area contributed by atoms with Gasteiger partial charge < -0.3 is 10.2 Å². The predicted octanol–water partition coefficient (Wildman–Crippen LogP) is 3.13. The predicted molar refractivity (Wildman–Crippen MR) is 117 cm³/mol. The molecule has 1 N–H and O–H groups in total. The molecule has 2 heterocycles. The van der Waals surface area contributed by atoms with Crippen molar-refractivity contribution in [2.45, 2.75) is 12.8 Å². The standard InChI is InChI=1S/C25H23N3O3/c29-21(14-28-24(30)22-16-9-10-17(13-16)23(22)25(28)31)26-18-6-2-4-8-20(18)27-12-11-15-5-1-3-7-19(15)27/h1-10,16-17,22-23H,11-14H2,(H,26,29)/t16-,17-,22-,23-/m0/s1. The molecule has 2 fully saturated rings. The minimum Gasteiger partial charge on any atom is -0.339 e. The number of likely N-dealkylation sites (tertiary alicyclic amines) is 1. The van der Waals surface area contributed by atoms with E-state index in [1.54, 1.807) is 0 Å². The molecule has 0 aromatic heterocycles. The van der Waals surface area contributed by atoms with Crippen molar-refractivity contribution in [3.05, 3.63) is 66.2 Å². The summed E-state index contributed by atoms with van der Waals surface area (Å²) in [4.78, 5) is 42.0. The van der Waals surface area contributed by atoms with Crippen LogP contribution in [0.15, 0.2) is 60.7 Å². The van der Waals surface area contributed by atoms with Gasteiger partial charge in [-0.2, -0.15) is 0 Å². The molecule has 0 unspecified atom stereocenters. The van der Waals surface area contributed by atoms with Crippen LogP contribution in [0.1, 0.15) is 12.0 Å². The Morgan fingerprint density at radius 2 is 1.55 bits per heavy atom. The Kier molecular flexibility index (Phi) is 4.03. The summed E-state index contributed by atoms with van der Waals surface area (Å²) in [6, 6.07) is 15.9. The highest BCUT2D eigenvalue weighted by molar-refractivity contribution is 6.10. The van der Waals surface area contributed by atoms with Gasteiger partial charge >= 0.3 is 0 Å². The van der Waals surface area contributed by atoms with Crippen LogP contribution in [0.25, 0.3) is 0 Å². The number of allylic oxidation sites excluding steroid dienone is 2. The maximum absolute atomic E-state index is 12.9. The van der Waals surface area contributed by atoms with Crippen LogP contribution in [-0.4, -0.2) is 35.7 Å². The van der Waals surface area contributed by atoms with Crippen LogP contribution < -0.4 is 10.2 Å². The zero-order valence-corrected chi connectivity index (χ0v) is 17.0. The highest BCUT2D eigenvalue weighted by atomic mass is 16.2. The Bertz CT molecular complexity index is 1110. The number of benzene rings is 2. The SMILES string of the molecule is O=C(CN1C(=O)[C@@H]2[C@@H](C1=O)[C@H]1C=C[C@H]2C1)Nc1ccccc1N1CCc2ccccc21. The van der Waals surface area contributed by atoms with E-state index in [0.29, 0.717) is 5.69 Å². The van der Waals surface area contributed by atoms with Gasteiger partial charge in [0.25, 0.3) is 0 Å². The highest BCUT2D eigenvalue weighted by Crippen LogP contribution is 2.52. The van der Waals surface area contributed by atoms with E-state index in [1.165, 1.54) is 10.5 Å². The van der Waals surface area contributed by atoms with Gasteiger partial charge in [0.1, 0.15) is 6.54 Å². The van der Waals surface area contributed by atoms with E-state index in [2.05, 4.69) is 34.5 Å². The van der Waals surface area contributed by atoms with E-state index in [0.717, 1.165) is 30.8 Å². The smallest absolute Gasteiger partial charge is 0.244 e. The second-order valence-corrected chi connectivity index (χ2v) is 8.86. The summed E-state index contributed by atoms with van der Waals surface area (Å²) in [5.74, 6) is -0.979. The number of rotatable bonds is 4. The lowest BCUT2D eigenvalue weighted by Gasteiger charge is -2.23. The van der Waals surface area contributed by atoms with E-state index in [1.807, 2.05) is 36.4 Å². The number of amides is 3. The first-order chi connectivity index (χ1) is 15.1. The topological polar surface area (TPSA) is 69.7 Å². The molecule has 1 saturated heterocycles. The fourth-order valence-corrected chi connectivity index (χ4v) is 5.86. The van der Waals surface area contributed by atoms with Crippen molar-refractivity contribution in [3.63, 3.8) is 0 Å². The van der Waals surface area contributed by atoms with E-state index in [4.69, 9.17) is 0 Å². The summed E-state index contributed by atoms with van der Waals surface area (Å²) >= 11 is 0. The van der Waals surface area contributed by atoms with Crippen LogP contribution in [0.3, 0.4) is 0 Å². The summed E-state index contributed by atoms with van der Waals surface area (Å²) in [5.41, 5.74) is 4.03. The Hall–Kier alpha value is -3.41. The highest BCUT2D eigenvalue weighted by Gasteiger charge is 2.59. The summed E-state index contributed by atoms with van der Waals surface area (Å²) in [5, 5.41) is 2.95. The Labute approximate surface area is 180 Å². The summed E-state index contributed by atoms with van der Waals surface area (Å²) < 4.78 is 0. The van der Waals surface area contributed by atoms with Crippen molar-refractivity contribution >= 4 is 34.8 Å². The molecule has 1 saturated carbocycles. The largest absolute Gasteiger partial charge is 0.339 e. The van der Waals surface area contributed by atoms with Crippen LogP contribution >= 0.6 is 0 Å². The van der Waals surface area contributed by atoms with Crippen molar-refractivity contribution in [1.82, 2.24) is 4.90 Å². The first-order valence-corrected chi connectivity index (χ1v) is 10.9. The average Bonchev–Trinajstić information content (AvgIpc) is 3.54. The third kappa shape index (κ3) is 2.74. The molecular formula is C25H23N3O3. The molecule has 3 amide bonds. The van der Waals surface area contributed by atoms with Gasteiger partial charge in [-0.05, 0) is 48.4 Å². The van der Waals surface area contributed by atoms with Gasteiger partial charge in [0.15, 0.2) is 0 Å². The molecule has 2 aliphatic heterocycles. The quantitative estimate of drug-likeness (QED) is 0.618. The lowest BCUT2D eigenvalue weighted by molar-refractivity contribution is -0.143. The molecular weight excluding hydrogens is 390 g/mol. The number of hydrogen-bond donors (Lipinski definition) is 1. The summed E-state index contributed by atoms with van der Waals surface area (Å²) in [6.45, 7) is 0.615. The Balaban J connectivity index is 1.21. The normalized spacial score (nSPS) is 27.7. The lowest BCUT2D eigenvalue weighted by atomic mass is 9.85. The van der Waals surface area contributed by atoms with Crippen LogP contribution in [0.5, 0.6) is 0 Å². The number of imide groups is 1. The number of nitrogens with zero attached hydrogens (tertiary/aromatic N) is 2. The second-order valence-electron chi connectivity index (χ2n) is 8.86. The minimum atomic E-state index is -0.345. The van der Waals surface area contributed by atoms with Gasteiger partial charge in [-0.1, -0.05) is 42.5 Å². The first-order valence-electron chi connectivity index (χ1n) is 10.9. The van der Waals surface area contributed by atoms with E-state index < -0.39 is 0 Å². The fraction of sp³-hybridized carbons (Fsp3) is 0.320. The Morgan fingerprint density at radius 1 is 0.903 bits per heavy atom. The van der Waals surface area contributed by atoms with Gasteiger partial charge in [-0.25, -0.2) is 0 Å². The van der Waals surface area contributed by atoms with Crippen molar-refractivity contribution < 1.29 is 14.4 Å². The maximum atomic E-state index is 12.9. The molecule has 6 nitrogen and oxygen atoms in total. The van der Waals surface area contributed by atoms with Gasteiger partial charge in [0, 0.05) is 12.2 Å². The van der Waals surface area contributed by atoms with Crippen molar-refractivity contribution in [1.29, 1.82) is 0 Å². The number of hydrogen-bond acceptors (Lipinski definition) is 4. The van der Waals surface area contributed by atoms with Gasteiger partial charge in [0.2, 0.25) is 17.7 Å². The zero-order valence-electron chi connectivity index (χ0n) is 17.0. The molecule has 2 aromatic rings. The number of carbonyl (C=O) groups excluding carboxylic acids is 3. The molecule has 156 valence electrons. The number of fused-ring (bicyclic) bond motifs is 6. The van der Waals surface area contributed by atoms with E-state index in [-0.39, 0.29) is 47.9 Å². The molecule has 0 radical (unpaired) electrons. The number of carbonyl (C=O) groups is 3. The van der Waals surface area contributed by atoms with Crippen LogP contribution in [-0.2, 0) is 20.8 Å². The van der Waals surface area contributed by atoms with Gasteiger partial charge in [0.05, 0.1) is 23.2 Å². The molecule has 31 heavy (non-hydrogen) atoms. The molecule has 4 atom stereocenters.